The minimum Gasteiger partial charge on any atom is -0.370 e. The average Bonchev–Trinajstić information content (AvgIpc) is 2.41. The molecule has 0 aliphatic carbocycles. The van der Waals surface area contributed by atoms with Crippen molar-refractivity contribution in [3.05, 3.63) is 33.9 Å². The number of nitro groups is 1. The van der Waals surface area contributed by atoms with Gasteiger partial charge in [0.25, 0.3) is 5.69 Å². The second-order valence-corrected chi connectivity index (χ2v) is 4.12. The molecule has 102 valence electrons. The predicted octanol–water partition coefficient (Wildman–Crippen LogP) is 0.239. The molecule has 1 fully saturated rings. The van der Waals surface area contributed by atoms with Crippen molar-refractivity contribution in [2.75, 3.05) is 25.2 Å². The maximum Gasteiger partial charge on any atom is 0.293 e. The van der Waals surface area contributed by atoms with Gasteiger partial charge in [-0.25, -0.2) is 0 Å². The third kappa shape index (κ3) is 2.98. The highest BCUT2D eigenvalue weighted by Crippen LogP contribution is 2.25. The number of rotatable bonds is 4. The number of hydrogen-bond acceptors (Lipinski definition) is 6. The largest absolute Gasteiger partial charge is 0.370 e. The van der Waals surface area contributed by atoms with E-state index in [-0.39, 0.29) is 23.9 Å². The van der Waals surface area contributed by atoms with Gasteiger partial charge in [0.15, 0.2) is 0 Å². The van der Waals surface area contributed by atoms with E-state index in [0.29, 0.717) is 19.7 Å². The van der Waals surface area contributed by atoms with Crippen LogP contribution in [0.1, 0.15) is 5.56 Å². The molecule has 0 atom stereocenters. The lowest BCUT2D eigenvalue weighted by molar-refractivity contribution is -0.384. The maximum absolute atomic E-state index is 11.6. The van der Waals surface area contributed by atoms with Crippen LogP contribution in [0.4, 0.5) is 11.4 Å². The van der Waals surface area contributed by atoms with Gasteiger partial charge in [-0.15, -0.1) is 0 Å². The highest BCUT2D eigenvalue weighted by molar-refractivity contribution is 5.78. The van der Waals surface area contributed by atoms with Crippen molar-refractivity contribution in [2.24, 2.45) is 5.84 Å². The summed E-state index contributed by atoms with van der Waals surface area (Å²) in [7, 11) is 0. The first-order chi connectivity index (χ1) is 9.11. The van der Waals surface area contributed by atoms with Crippen LogP contribution in [0.25, 0.3) is 0 Å². The second-order valence-electron chi connectivity index (χ2n) is 4.12. The molecule has 2 rings (SSSR count). The molecule has 3 N–H and O–H groups in total. The predicted molar refractivity (Wildman–Crippen MR) is 67.1 cm³/mol. The number of hydrogen-bond donors (Lipinski definition) is 2. The zero-order valence-electron chi connectivity index (χ0n) is 10.2. The van der Waals surface area contributed by atoms with Crippen molar-refractivity contribution in [1.82, 2.24) is 4.90 Å². The number of hydrazine groups is 1. The van der Waals surface area contributed by atoms with Gasteiger partial charge in [-0.3, -0.25) is 20.8 Å². The zero-order chi connectivity index (χ0) is 13.8. The number of carbonyl (C=O) groups is 1. The molecule has 1 amide bonds. The molecule has 0 saturated carbocycles. The Hall–Kier alpha value is -2.19. The van der Waals surface area contributed by atoms with Crippen molar-refractivity contribution in [1.29, 1.82) is 0 Å². The van der Waals surface area contributed by atoms with Gasteiger partial charge in [0.05, 0.1) is 11.5 Å². The van der Waals surface area contributed by atoms with Gasteiger partial charge in [0, 0.05) is 19.2 Å². The number of amides is 1. The first-order valence-corrected chi connectivity index (χ1v) is 5.71. The number of nitrogens with one attached hydrogen (secondary N) is 1. The van der Waals surface area contributed by atoms with Crippen molar-refractivity contribution in [3.8, 4) is 0 Å². The van der Waals surface area contributed by atoms with Crippen molar-refractivity contribution < 1.29 is 14.5 Å². The molecule has 1 heterocycles. The van der Waals surface area contributed by atoms with Crippen molar-refractivity contribution in [2.45, 2.75) is 6.54 Å². The summed E-state index contributed by atoms with van der Waals surface area (Å²) in [5.74, 6) is 5.17. The molecule has 1 aromatic rings. The minimum absolute atomic E-state index is 0.0784. The highest BCUT2D eigenvalue weighted by atomic mass is 16.6. The summed E-state index contributed by atoms with van der Waals surface area (Å²) in [5, 5.41) is 10.8. The molecule has 0 spiro atoms. The molecular weight excluding hydrogens is 252 g/mol. The Morgan fingerprint density at radius 1 is 1.53 bits per heavy atom. The number of carbonyl (C=O) groups excluding carboxylic acids is 1. The first-order valence-electron chi connectivity index (χ1n) is 5.71. The first kappa shape index (κ1) is 13.2. The molecule has 1 aliphatic heterocycles. The number of nitrogens with zero attached hydrogens (tertiary/aromatic N) is 2. The van der Waals surface area contributed by atoms with Crippen LogP contribution in [-0.4, -0.2) is 35.5 Å². The number of anilines is 1. The normalized spacial score (nSPS) is 15.4. The lowest BCUT2D eigenvalue weighted by atomic mass is 10.1. The molecule has 0 bridgehead atoms. The number of morpholine rings is 1. The lowest BCUT2D eigenvalue weighted by Gasteiger charge is -2.26. The Bertz CT molecular complexity index is 505. The molecular formula is C11H14N4O4. The molecule has 1 aliphatic rings. The van der Waals surface area contributed by atoms with Gasteiger partial charge in [-0.05, 0) is 11.6 Å². The van der Waals surface area contributed by atoms with E-state index < -0.39 is 4.92 Å². The van der Waals surface area contributed by atoms with Gasteiger partial charge in [-0.2, -0.15) is 0 Å². The number of nitro benzene ring substituents is 1. The Morgan fingerprint density at radius 2 is 2.32 bits per heavy atom. The van der Waals surface area contributed by atoms with Gasteiger partial charge in [0.1, 0.15) is 12.3 Å². The van der Waals surface area contributed by atoms with Crippen molar-refractivity contribution >= 4 is 17.3 Å². The molecule has 0 unspecified atom stereocenters. The number of nitrogens with two attached hydrogens (primary N) is 1. The SMILES string of the molecule is NNc1cc(CN2CCOCC2=O)ccc1[N+](=O)[O-]. The number of benzene rings is 1. The third-order valence-corrected chi connectivity index (χ3v) is 2.87. The monoisotopic (exact) mass is 266 g/mol. The van der Waals surface area contributed by atoms with E-state index in [9.17, 15) is 14.9 Å². The third-order valence-electron chi connectivity index (χ3n) is 2.87. The van der Waals surface area contributed by atoms with E-state index in [0.717, 1.165) is 5.56 Å². The smallest absolute Gasteiger partial charge is 0.293 e. The molecule has 8 nitrogen and oxygen atoms in total. The molecule has 1 aromatic carbocycles. The Labute approximate surface area is 109 Å². The van der Waals surface area contributed by atoms with Crippen LogP contribution in [0.2, 0.25) is 0 Å². The fraction of sp³-hybridized carbons (Fsp3) is 0.364. The van der Waals surface area contributed by atoms with Crippen LogP contribution in [0.3, 0.4) is 0 Å². The molecule has 1 saturated heterocycles. The molecule has 19 heavy (non-hydrogen) atoms. The van der Waals surface area contributed by atoms with E-state index >= 15 is 0 Å². The van der Waals surface area contributed by atoms with E-state index in [1.54, 1.807) is 17.0 Å². The summed E-state index contributed by atoms with van der Waals surface area (Å²) in [4.78, 5) is 23.5. The van der Waals surface area contributed by atoms with E-state index in [4.69, 9.17) is 10.6 Å². The lowest BCUT2D eigenvalue weighted by Crippen LogP contribution is -2.40. The summed E-state index contributed by atoms with van der Waals surface area (Å²) in [6, 6.07) is 4.55. The summed E-state index contributed by atoms with van der Waals surface area (Å²) in [6.07, 6.45) is 0. The fourth-order valence-electron chi connectivity index (χ4n) is 1.89. The Morgan fingerprint density at radius 3 is 2.95 bits per heavy atom. The van der Waals surface area contributed by atoms with Crippen LogP contribution < -0.4 is 11.3 Å². The van der Waals surface area contributed by atoms with Crippen LogP contribution in [0, 0.1) is 10.1 Å². The van der Waals surface area contributed by atoms with Crippen molar-refractivity contribution in [3.63, 3.8) is 0 Å². The number of ether oxygens (including phenoxy) is 1. The molecule has 0 aromatic heterocycles. The molecule has 8 heteroatoms. The van der Waals surface area contributed by atoms with Gasteiger partial charge < -0.3 is 15.1 Å². The Balaban J connectivity index is 2.17. The van der Waals surface area contributed by atoms with Crippen LogP contribution in [-0.2, 0) is 16.1 Å². The summed E-state index contributed by atoms with van der Waals surface area (Å²) >= 11 is 0. The highest BCUT2D eigenvalue weighted by Gasteiger charge is 2.20. The standard InChI is InChI=1S/C11H14N4O4/c12-13-9-5-8(1-2-10(9)15(17)18)6-14-3-4-19-7-11(14)16/h1-2,5,13H,3-4,6-7,12H2. The topological polar surface area (TPSA) is 111 Å². The van der Waals surface area contributed by atoms with Gasteiger partial charge in [0.2, 0.25) is 5.91 Å². The zero-order valence-corrected chi connectivity index (χ0v) is 10.2. The fourth-order valence-corrected chi connectivity index (χ4v) is 1.89. The maximum atomic E-state index is 11.6. The van der Waals surface area contributed by atoms with E-state index in [1.807, 2.05) is 0 Å². The minimum atomic E-state index is -0.515. The molecule has 0 radical (unpaired) electrons. The summed E-state index contributed by atoms with van der Waals surface area (Å²) in [6.45, 7) is 1.48. The quantitative estimate of drug-likeness (QED) is 0.459. The summed E-state index contributed by atoms with van der Waals surface area (Å²) in [5.41, 5.74) is 3.20. The van der Waals surface area contributed by atoms with Crippen LogP contribution in [0.15, 0.2) is 18.2 Å². The van der Waals surface area contributed by atoms with Crippen LogP contribution >= 0.6 is 0 Å². The number of nitrogen functional groups attached to an aromatic ring is 1. The van der Waals surface area contributed by atoms with Crippen LogP contribution in [0.5, 0.6) is 0 Å². The van der Waals surface area contributed by atoms with E-state index in [2.05, 4.69) is 5.43 Å². The second kappa shape index (κ2) is 5.63. The average molecular weight is 266 g/mol. The van der Waals surface area contributed by atoms with E-state index in [1.165, 1.54) is 6.07 Å². The Kier molecular flexibility index (Phi) is 3.93. The van der Waals surface area contributed by atoms with Gasteiger partial charge >= 0.3 is 0 Å². The summed E-state index contributed by atoms with van der Waals surface area (Å²) < 4.78 is 5.03. The van der Waals surface area contributed by atoms with Gasteiger partial charge in [-0.1, -0.05) is 6.07 Å².